The van der Waals surface area contributed by atoms with Crippen LogP contribution in [0.15, 0.2) is 48.1 Å². The fraction of sp³-hybridized carbons (Fsp3) is 0.118. The van der Waals surface area contributed by atoms with E-state index in [0.29, 0.717) is 5.56 Å². The number of nitrogens with one attached hydrogen (secondary N) is 1. The van der Waals surface area contributed by atoms with Gasteiger partial charge in [-0.2, -0.15) is 0 Å². The van der Waals surface area contributed by atoms with Gasteiger partial charge in [-0.1, -0.05) is 6.07 Å². The fourth-order valence-electron chi connectivity index (χ4n) is 2.10. The van der Waals surface area contributed by atoms with Crippen molar-refractivity contribution in [3.63, 3.8) is 0 Å². The van der Waals surface area contributed by atoms with Gasteiger partial charge >= 0.3 is 5.97 Å². The van der Waals surface area contributed by atoms with E-state index in [-0.39, 0.29) is 5.97 Å². The summed E-state index contributed by atoms with van der Waals surface area (Å²) < 4.78 is 4.76. The number of esters is 1. The third kappa shape index (κ3) is 3.37. The van der Waals surface area contributed by atoms with Gasteiger partial charge in [0, 0.05) is 29.0 Å². The molecule has 2 aromatic heterocycles. The number of carbonyl (C=O) groups is 1. The van der Waals surface area contributed by atoms with Crippen molar-refractivity contribution < 1.29 is 9.53 Å². The zero-order valence-corrected chi connectivity index (χ0v) is 13.6. The van der Waals surface area contributed by atoms with Crippen molar-refractivity contribution in [2.75, 3.05) is 12.4 Å². The molecule has 3 rings (SSSR count). The molecule has 3 aromatic rings. The number of benzene rings is 1. The number of aryl methyl sites for hydroxylation is 1. The molecule has 5 nitrogen and oxygen atoms in total. The van der Waals surface area contributed by atoms with Gasteiger partial charge in [0.2, 0.25) is 0 Å². The third-order valence-electron chi connectivity index (χ3n) is 3.38. The van der Waals surface area contributed by atoms with Gasteiger partial charge < -0.3 is 10.1 Å². The lowest BCUT2D eigenvalue weighted by molar-refractivity contribution is 0.0601. The Labute approximate surface area is 138 Å². The van der Waals surface area contributed by atoms with E-state index in [2.05, 4.69) is 15.3 Å². The molecule has 23 heavy (non-hydrogen) atoms. The molecule has 1 N–H and O–H groups in total. The van der Waals surface area contributed by atoms with Crippen molar-refractivity contribution in [3.8, 4) is 11.3 Å². The maximum Gasteiger partial charge on any atom is 0.337 e. The Hall–Kier alpha value is -2.73. The summed E-state index contributed by atoms with van der Waals surface area (Å²) in [6.45, 7) is 1.97. The van der Waals surface area contributed by atoms with Crippen LogP contribution in [-0.2, 0) is 4.74 Å². The largest absolute Gasteiger partial charge is 0.465 e. The second-order valence-corrected chi connectivity index (χ2v) is 5.78. The summed E-state index contributed by atoms with van der Waals surface area (Å²) in [7, 11) is 1.37. The monoisotopic (exact) mass is 325 g/mol. The van der Waals surface area contributed by atoms with Crippen LogP contribution in [0.4, 0.5) is 10.8 Å². The average molecular weight is 325 g/mol. The van der Waals surface area contributed by atoms with Crippen LogP contribution in [0.2, 0.25) is 0 Å². The minimum atomic E-state index is -0.357. The number of hydrogen-bond donors (Lipinski definition) is 1. The lowest BCUT2D eigenvalue weighted by Gasteiger charge is -2.08. The SMILES string of the molecule is COC(=O)c1ccc(C)c(Nc2nc(-c3ccncc3)cs2)c1. The minimum Gasteiger partial charge on any atom is -0.465 e. The molecule has 0 saturated carbocycles. The number of anilines is 2. The first-order valence-electron chi connectivity index (χ1n) is 6.99. The highest BCUT2D eigenvalue weighted by Crippen LogP contribution is 2.28. The quantitative estimate of drug-likeness (QED) is 0.733. The number of rotatable bonds is 4. The van der Waals surface area contributed by atoms with Gasteiger partial charge in [0.1, 0.15) is 0 Å². The zero-order valence-electron chi connectivity index (χ0n) is 12.7. The molecule has 6 heteroatoms. The molecule has 0 aliphatic rings. The van der Waals surface area contributed by atoms with Gasteiger partial charge in [0.05, 0.1) is 18.4 Å². The summed E-state index contributed by atoms with van der Waals surface area (Å²) in [5.41, 5.74) is 4.28. The van der Waals surface area contributed by atoms with E-state index in [0.717, 1.165) is 27.6 Å². The van der Waals surface area contributed by atoms with Crippen molar-refractivity contribution in [2.45, 2.75) is 6.92 Å². The number of aromatic nitrogens is 2. The lowest BCUT2D eigenvalue weighted by atomic mass is 10.1. The Kier molecular flexibility index (Phi) is 4.34. The number of ether oxygens (including phenoxy) is 1. The normalized spacial score (nSPS) is 10.3. The van der Waals surface area contributed by atoms with Crippen LogP contribution in [0.1, 0.15) is 15.9 Å². The molecule has 0 aliphatic carbocycles. The molecule has 1 aromatic carbocycles. The maximum atomic E-state index is 11.6. The first kappa shape index (κ1) is 15.2. The summed E-state index contributed by atoms with van der Waals surface area (Å²) in [6.07, 6.45) is 3.48. The lowest BCUT2D eigenvalue weighted by Crippen LogP contribution is -2.03. The molecule has 116 valence electrons. The maximum absolute atomic E-state index is 11.6. The van der Waals surface area contributed by atoms with Gasteiger partial charge in [-0.3, -0.25) is 4.98 Å². The van der Waals surface area contributed by atoms with Crippen LogP contribution >= 0.6 is 11.3 Å². The predicted molar refractivity (Wildman–Crippen MR) is 91.1 cm³/mol. The van der Waals surface area contributed by atoms with Crippen LogP contribution in [0, 0.1) is 6.92 Å². The van der Waals surface area contributed by atoms with Crippen molar-refractivity contribution in [1.29, 1.82) is 0 Å². The number of thiazole rings is 1. The molecule has 0 radical (unpaired) electrons. The van der Waals surface area contributed by atoms with Crippen LogP contribution < -0.4 is 5.32 Å². The second-order valence-electron chi connectivity index (χ2n) is 4.92. The fourth-order valence-corrected chi connectivity index (χ4v) is 2.84. The van der Waals surface area contributed by atoms with Crippen LogP contribution in [0.25, 0.3) is 11.3 Å². The molecule has 0 bridgehead atoms. The number of carbonyl (C=O) groups excluding carboxylic acids is 1. The molecule has 0 amide bonds. The van der Waals surface area contributed by atoms with Gasteiger partial charge in [-0.15, -0.1) is 11.3 Å². The van der Waals surface area contributed by atoms with E-state index >= 15 is 0 Å². The van der Waals surface area contributed by atoms with E-state index in [1.807, 2.05) is 30.5 Å². The van der Waals surface area contributed by atoms with E-state index < -0.39 is 0 Å². The molecule has 0 atom stereocenters. The Morgan fingerprint density at radius 2 is 2.00 bits per heavy atom. The van der Waals surface area contributed by atoms with Crippen molar-refractivity contribution >= 4 is 28.1 Å². The first-order valence-corrected chi connectivity index (χ1v) is 7.87. The van der Waals surface area contributed by atoms with E-state index in [9.17, 15) is 4.79 Å². The highest BCUT2D eigenvalue weighted by molar-refractivity contribution is 7.14. The van der Waals surface area contributed by atoms with E-state index in [1.165, 1.54) is 18.4 Å². The molecule has 0 unspecified atom stereocenters. The Morgan fingerprint density at radius 1 is 1.22 bits per heavy atom. The van der Waals surface area contributed by atoms with Crippen LogP contribution in [0.5, 0.6) is 0 Å². The predicted octanol–water partition coefficient (Wildman–Crippen LogP) is 4.04. The van der Waals surface area contributed by atoms with E-state index in [1.54, 1.807) is 24.5 Å². The Balaban J connectivity index is 1.85. The van der Waals surface area contributed by atoms with Crippen molar-refractivity contribution in [1.82, 2.24) is 9.97 Å². The minimum absolute atomic E-state index is 0.357. The molecular weight excluding hydrogens is 310 g/mol. The summed E-state index contributed by atoms with van der Waals surface area (Å²) in [6, 6.07) is 9.24. The number of nitrogens with zero attached hydrogens (tertiary/aromatic N) is 2. The van der Waals surface area contributed by atoms with E-state index in [4.69, 9.17) is 4.74 Å². The summed E-state index contributed by atoms with van der Waals surface area (Å²) in [5, 5.41) is 6.01. The standard InChI is InChI=1S/C17H15N3O2S/c1-11-3-4-13(16(21)22-2)9-14(11)19-17-20-15(10-23-17)12-5-7-18-8-6-12/h3-10H,1-2H3,(H,19,20). The molecule has 0 saturated heterocycles. The first-order chi connectivity index (χ1) is 11.2. The summed E-state index contributed by atoms with van der Waals surface area (Å²) in [4.78, 5) is 20.2. The summed E-state index contributed by atoms with van der Waals surface area (Å²) >= 11 is 1.51. The topological polar surface area (TPSA) is 64.1 Å². The molecule has 0 fully saturated rings. The van der Waals surface area contributed by atoms with Crippen LogP contribution in [0.3, 0.4) is 0 Å². The van der Waals surface area contributed by atoms with Crippen LogP contribution in [-0.4, -0.2) is 23.0 Å². The highest BCUT2D eigenvalue weighted by atomic mass is 32.1. The molecular formula is C17H15N3O2S. The third-order valence-corrected chi connectivity index (χ3v) is 4.14. The van der Waals surface area contributed by atoms with Crippen molar-refractivity contribution in [3.05, 3.63) is 59.2 Å². The zero-order chi connectivity index (χ0) is 16.2. The van der Waals surface area contributed by atoms with Gasteiger partial charge in [0.15, 0.2) is 5.13 Å². The highest BCUT2D eigenvalue weighted by Gasteiger charge is 2.10. The smallest absolute Gasteiger partial charge is 0.337 e. The average Bonchev–Trinajstić information content (AvgIpc) is 3.05. The van der Waals surface area contributed by atoms with Crippen molar-refractivity contribution in [2.24, 2.45) is 0 Å². The molecule has 0 aliphatic heterocycles. The number of methoxy groups -OCH3 is 1. The summed E-state index contributed by atoms with van der Waals surface area (Å²) in [5.74, 6) is -0.357. The van der Waals surface area contributed by atoms with Gasteiger partial charge in [-0.05, 0) is 36.8 Å². The number of hydrogen-bond acceptors (Lipinski definition) is 6. The molecule has 2 heterocycles. The van der Waals surface area contributed by atoms with Gasteiger partial charge in [0.25, 0.3) is 0 Å². The second kappa shape index (κ2) is 6.58. The molecule has 0 spiro atoms. The number of pyridine rings is 1. The Bertz CT molecular complexity index is 831. The van der Waals surface area contributed by atoms with Gasteiger partial charge in [-0.25, -0.2) is 9.78 Å². The Morgan fingerprint density at radius 3 is 2.74 bits per heavy atom.